The number of rotatable bonds is 7. The maximum Gasteiger partial charge on any atom is 0.333 e. The van der Waals surface area contributed by atoms with Crippen molar-refractivity contribution in [2.24, 2.45) is 0 Å². The van der Waals surface area contributed by atoms with Crippen LogP contribution in [-0.4, -0.2) is 47.5 Å². The number of hydrogen-bond acceptors (Lipinski definition) is 4. The maximum atomic E-state index is 11.0. The summed E-state index contributed by atoms with van der Waals surface area (Å²) in [4.78, 5) is 11.0. The summed E-state index contributed by atoms with van der Waals surface area (Å²) >= 11 is 0. The van der Waals surface area contributed by atoms with E-state index in [-0.39, 0.29) is 5.97 Å². The minimum atomic E-state index is -1.25. The predicted molar refractivity (Wildman–Crippen MR) is 63.0 cm³/mol. The summed E-state index contributed by atoms with van der Waals surface area (Å²) in [6.45, 7) is 5.61. The second kappa shape index (κ2) is 7.61. The highest BCUT2D eigenvalue weighted by atomic mass is 28.3. The van der Waals surface area contributed by atoms with Gasteiger partial charge in [0.25, 0.3) is 9.20 Å². The first-order valence-corrected chi connectivity index (χ1v) is 6.81. The molecule has 0 aromatic carbocycles. The second-order valence-electron chi connectivity index (χ2n) is 3.71. The first-order valence-electron chi connectivity index (χ1n) is 5.01. The Labute approximate surface area is 93.7 Å². The van der Waals surface area contributed by atoms with Gasteiger partial charge in [-0.1, -0.05) is 6.58 Å². The second-order valence-corrected chi connectivity index (χ2v) is 6.70. The third-order valence-corrected chi connectivity index (χ3v) is 4.62. The van der Waals surface area contributed by atoms with E-state index >= 15 is 0 Å². The molecule has 5 heteroatoms. The van der Waals surface area contributed by atoms with Crippen molar-refractivity contribution in [2.75, 3.05) is 27.8 Å². The standard InChI is InChI=1S/C10H21NO3Si/c1-9(2)10(12)14-7-6-8-15(13-5)11(3)4/h15H,1,6-8H2,2-5H3. The van der Waals surface area contributed by atoms with Gasteiger partial charge in [0, 0.05) is 12.7 Å². The Hall–Kier alpha value is -0.653. The molecule has 0 fully saturated rings. The van der Waals surface area contributed by atoms with Crippen LogP contribution in [0.2, 0.25) is 6.04 Å². The largest absolute Gasteiger partial charge is 0.462 e. The molecule has 0 rings (SSSR count). The Bertz CT molecular complexity index is 219. The third-order valence-electron chi connectivity index (χ3n) is 2.03. The average Bonchev–Trinajstić information content (AvgIpc) is 2.16. The molecule has 0 spiro atoms. The zero-order valence-corrected chi connectivity index (χ0v) is 11.2. The summed E-state index contributed by atoms with van der Waals surface area (Å²) in [7, 11) is 4.51. The lowest BCUT2D eigenvalue weighted by molar-refractivity contribution is -0.138. The van der Waals surface area contributed by atoms with Gasteiger partial charge in [0.1, 0.15) is 0 Å². The molecule has 88 valence electrons. The van der Waals surface area contributed by atoms with Gasteiger partial charge in [-0.3, -0.25) is 0 Å². The van der Waals surface area contributed by atoms with E-state index < -0.39 is 9.20 Å². The van der Waals surface area contributed by atoms with Crippen molar-refractivity contribution in [3.05, 3.63) is 12.2 Å². The van der Waals surface area contributed by atoms with Gasteiger partial charge in [0.2, 0.25) is 0 Å². The maximum absolute atomic E-state index is 11.0. The zero-order chi connectivity index (χ0) is 11.8. The van der Waals surface area contributed by atoms with Gasteiger partial charge in [-0.25, -0.2) is 4.79 Å². The van der Waals surface area contributed by atoms with Crippen molar-refractivity contribution in [2.45, 2.75) is 19.4 Å². The van der Waals surface area contributed by atoms with Gasteiger partial charge in [-0.15, -0.1) is 0 Å². The zero-order valence-electron chi connectivity index (χ0n) is 10.1. The molecule has 0 heterocycles. The van der Waals surface area contributed by atoms with Crippen LogP contribution in [-0.2, 0) is 14.0 Å². The third kappa shape index (κ3) is 6.43. The molecular formula is C10H21NO3Si. The van der Waals surface area contributed by atoms with Crippen molar-refractivity contribution in [3.63, 3.8) is 0 Å². The van der Waals surface area contributed by atoms with Gasteiger partial charge in [-0.05, 0) is 33.5 Å². The number of ether oxygens (including phenoxy) is 1. The molecule has 4 nitrogen and oxygen atoms in total. The van der Waals surface area contributed by atoms with Crippen molar-refractivity contribution < 1.29 is 14.0 Å². The highest BCUT2D eigenvalue weighted by Crippen LogP contribution is 2.02. The van der Waals surface area contributed by atoms with Gasteiger partial charge < -0.3 is 13.7 Å². The SMILES string of the molecule is C=C(C)C(=O)OCCC[SiH](OC)N(C)C. The number of hydrogen-bond donors (Lipinski definition) is 0. The molecule has 0 aliphatic heterocycles. The number of esters is 1. The summed E-state index contributed by atoms with van der Waals surface area (Å²) in [6, 6.07) is 0.979. The van der Waals surface area contributed by atoms with Crippen LogP contribution >= 0.6 is 0 Å². The van der Waals surface area contributed by atoms with Crippen LogP contribution in [0.5, 0.6) is 0 Å². The van der Waals surface area contributed by atoms with Crippen LogP contribution in [0.1, 0.15) is 13.3 Å². The van der Waals surface area contributed by atoms with E-state index in [1.807, 2.05) is 14.1 Å². The molecule has 0 aromatic heterocycles. The smallest absolute Gasteiger partial charge is 0.333 e. The van der Waals surface area contributed by atoms with E-state index in [2.05, 4.69) is 11.1 Å². The van der Waals surface area contributed by atoms with E-state index in [0.29, 0.717) is 12.2 Å². The lowest BCUT2D eigenvalue weighted by atomic mass is 10.4. The Morgan fingerprint density at radius 3 is 2.47 bits per heavy atom. The molecule has 15 heavy (non-hydrogen) atoms. The van der Waals surface area contributed by atoms with Gasteiger partial charge in [0.05, 0.1) is 6.61 Å². The Morgan fingerprint density at radius 2 is 2.07 bits per heavy atom. The minimum Gasteiger partial charge on any atom is -0.462 e. The molecule has 1 atom stereocenters. The topological polar surface area (TPSA) is 38.8 Å². The van der Waals surface area contributed by atoms with E-state index in [1.165, 1.54) is 0 Å². The van der Waals surface area contributed by atoms with E-state index in [0.717, 1.165) is 12.5 Å². The quantitative estimate of drug-likeness (QED) is 0.283. The first-order chi connectivity index (χ1) is 6.99. The van der Waals surface area contributed by atoms with E-state index in [4.69, 9.17) is 9.16 Å². The fraction of sp³-hybridized carbons (Fsp3) is 0.700. The fourth-order valence-electron chi connectivity index (χ4n) is 1.13. The van der Waals surface area contributed by atoms with Crippen molar-refractivity contribution in [3.8, 4) is 0 Å². The monoisotopic (exact) mass is 231 g/mol. The molecule has 0 aromatic rings. The Balaban J connectivity index is 3.61. The number of nitrogens with zero attached hydrogens (tertiary/aromatic N) is 1. The molecule has 0 N–H and O–H groups in total. The molecule has 0 amide bonds. The summed E-state index contributed by atoms with van der Waals surface area (Å²) < 4.78 is 12.5. The molecule has 0 aliphatic carbocycles. The molecule has 0 bridgehead atoms. The molecule has 0 saturated carbocycles. The van der Waals surface area contributed by atoms with Gasteiger partial charge in [0.15, 0.2) is 0 Å². The van der Waals surface area contributed by atoms with Crippen LogP contribution in [0.25, 0.3) is 0 Å². The predicted octanol–water partition coefficient (Wildman–Crippen LogP) is 0.924. The summed E-state index contributed by atoms with van der Waals surface area (Å²) in [5.74, 6) is -0.310. The lowest BCUT2D eigenvalue weighted by Crippen LogP contribution is -2.34. The minimum absolute atomic E-state index is 0.310. The molecule has 0 aliphatic rings. The van der Waals surface area contributed by atoms with E-state index in [1.54, 1.807) is 14.0 Å². The van der Waals surface area contributed by atoms with Crippen molar-refractivity contribution in [1.29, 1.82) is 0 Å². The summed E-state index contributed by atoms with van der Waals surface area (Å²) in [5.41, 5.74) is 0.447. The molecule has 1 unspecified atom stereocenters. The molecule has 0 saturated heterocycles. The Kier molecular flexibility index (Phi) is 7.28. The molecule has 0 radical (unpaired) electrons. The average molecular weight is 231 g/mol. The van der Waals surface area contributed by atoms with Crippen LogP contribution in [0.15, 0.2) is 12.2 Å². The van der Waals surface area contributed by atoms with Crippen LogP contribution < -0.4 is 0 Å². The Morgan fingerprint density at radius 1 is 1.47 bits per heavy atom. The summed E-state index contributed by atoms with van der Waals surface area (Å²) in [5, 5.41) is 0. The highest BCUT2D eigenvalue weighted by molar-refractivity contribution is 6.48. The first kappa shape index (κ1) is 14.3. The lowest BCUT2D eigenvalue weighted by Gasteiger charge is -2.20. The van der Waals surface area contributed by atoms with Crippen LogP contribution in [0, 0.1) is 0 Å². The van der Waals surface area contributed by atoms with Crippen molar-refractivity contribution >= 4 is 15.2 Å². The number of carbonyl (C=O) groups is 1. The molecular weight excluding hydrogens is 210 g/mol. The summed E-state index contributed by atoms with van der Waals surface area (Å²) in [6.07, 6.45) is 0.849. The van der Waals surface area contributed by atoms with Crippen molar-refractivity contribution in [1.82, 2.24) is 4.57 Å². The highest BCUT2D eigenvalue weighted by Gasteiger charge is 2.13. The fourth-order valence-corrected chi connectivity index (χ4v) is 2.82. The van der Waals surface area contributed by atoms with E-state index in [9.17, 15) is 4.79 Å². The van der Waals surface area contributed by atoms with Crippen LogP contribution in [0.3, 0.4) is 0 Å². The van der Waals surface area contributed by atoms with Gasteiger partial charge in [-0.2, -0.15) is 0 Å². The normalized spacial score (nSPS) is 12.6. The van der Waals surface area contributed by atoms with Gasteiger partial charge >= 0.3 is 5.97 Å². The number of carbonyl (C=O) groups excluding carboxylic acids is 1. The van der Waals surface area contributed by atoms with Crippen LogP contribution in [0.4, 0.5) is 0 Å².